The molecule has 0 amide bonds. The molecule has 1 aromatic heterocycles. The van der Waals surface area contributed by atoms with Gasteiger partial charge in [-0.15, -0.1) is 35.3 Å². The average Bonchev–Trinajstić information content (AvgIpc) is 3.18. The maximum Gasteiger partial charge on any atom is 0.191 e. The number of piperazine rings is 1. The number of hydrogen-bond acceptors (Lipinski definition) is 6. The van der Waals surface area contributed by atoms with Crippen LogP contribution in [0.2, 0.25) is 0 Å². The topological polar surface area (TPSA) is 87.2 Å². The number of halogens is 1. The van der Waals surface area contributed by atoms with Crippen molar-refractivity contribution in [3.05, 3.63) is 35.3 Å². The normalized spacial score (nSPS) is 14.9. The van der Waals surface area contributed by atoms with Gasteiger partial charge in [-0.3, -0.25) is 4.99 Å². The summed E-state index contributed by atoms with van der Waals surface area (Å²) in [5.41, 5.74) is 7.19. The molecule has 1 aliphatic heterocycles. The van der Waals surface area contributed by atoms with E-state index in [1.165, 1.54) is 0 Å². The number of aliphatic imine (C=N–C) groups is 1. The predicted molar refractivity (Wildman–Crippen MR) is 116 cm³/mol. The fourth-order valence-corrected chi connectivity index (χ4v) is 3.47. The molecule has 3 N–H and O–H groups in total. The summed E-state index contributed by atoms with van der Waals surface area (Å²) in [5, 5.41) is 12.7. The van der Waals surface area contributed by atoms with Crippen LogP contribution in [0.4, 0.5) is 5.13 Å². The largest absolute Gasteiger partial charge is 0.504 e. The summed E-state index contributed by atoms with van der Waals surface area (Å²) in [6.07, 6.45) is 2.58. The van der Waals surface area contributed by atoms with E-state index < -0.39 is 0 Å². The predicted octanol–water partition coefficient (Wildman–Crippen LogP) is 2.15. The van der Waals surface area contributed by atoms with Gasteiger partial charge < -0.3 is 25.4 Å². The van der Waals surface area contributed by atoms with Gasteiger partial charge in [-0.2, -0.15) is 0 Å². The van der Waals surface area contributed by atoms with Crippen molar-refractivity contribution in [2.45, 2.75) is 6.42 Å². The lowest BCUT2D eigenvalue weighted by Gasteiger charge is -2.35. The molecular formula is C17H24IN5O2S. The monoisotopic (exact) mass is 489 g/mol. The zero-order valence-corrected chi connectivity index (χ0v) is 17.8. The highest BCUT2D eigenvalue weighted by molar-refractivity contribution is 14.0. The summed E-state index contributed by atoms with van der Waals surface area (Å²) in [7, 11) is 1.54. The van der Waals surface area contributed by atoms with Crippen LogP contribution in [0.25, 0.3) is 0 Å². The number of phenolic OH excluding ortho intramolecular Hbond substituents is 1. The number of hydrogen-bond donors (Lipinski definition) is 2. The third-order valence-electron chi connectivity index (χ3n) is 4.21. The van der Waals surface area contributed by atoms with E-state index in [1.54, 1.807) is 24.5 Å². The number of nitrogens with zero attached hydrogens (tertiary/aromatic N) is 4. The number of ether oxygens (including phenoxy) is 1. The Kier molecular flexibility index (Phi) is 7.76. The second-order valence-electron chi connectivity index (χ2n) is 5.78. The zero-order chi connectivity index (χ0) is 17.6. The molecule has 1 aliphatic rings. The van der Waals surface area contributed by atoms with E-state index in [-0.39, 0.29) is 29.7 Å². The van der Waals surface area contributed by atoms with Crippen LogP contribution in [-0.4, -0.2) is 60.8 Å². The Morgan fingerprint density at radius 1 is 1.35 bits per heavy atom. The van der Waals surface area contributed by atoms with E-state index in [0.29, 0.717) is 18.3 Å². The Morgan fingerprint density at radius 2 is 2.12 bits per heavy atom. The number of phenols is 1. The van der Waals surface area contributed by atoms with Crippen molar-refractivity contribution in [2.24, 2.45) is 10.7 Å². The molecule has 1 saturated heterocycles. The molecule has 0 atom stereocenters. The van der Waals surface area contributed by atoms with Gasteiger partial charge in [0, 0.05) is 44.3 Å². The maximum atomic E-state index is 9.62. The van der Waals surface area contributed by atoms with Crippen molar-refractivity contribution in [1.82, 2.24) is 9.88 Å². The van der Waals surface area contributed by atoms with Gasteiger partial charge in [0.1, 0.15) is 0 Å². The lowest BCUT2D eigenvalue weighted by molar-refractivity contribution is 0.373. The van der Waals surface area contributed by atoms with E-state index in [4.69, 9.17) is 10.5 Å². The number of aromatic hydroxyl groups is 1. The first-order valence-electron chi connectivity index (χ1n) is 8.22. The summed E-state index contributed by atoms with van der Waals surface area (Å²) < 4.78 is 5.12. The van der Waals surface area contributed by atoms with E-state index in [2.05, 4.69) is 19.8 Å². The maximum absolute atomic E-state index is 9.62. The van der Waals surface area contributed by atoms with Gasteiger partial charge in [0.05, 0.1) is 7.11 Å². The Balaban J connectivity index is 0.00000243. The molecule has 0 radical (unpaired) electrons. The summed E-state index contributed by atoms with van der Waals surface area (Å²) in [5.74, 6) is 1.21. The van der Waals surface area contributed by atoms with Crippen LogP contribution < -0.4 is 15.4 Å². The van der Waals surface area contributed by atoms with Crippen molar-refractivity contribution in [1.29, 1.82) is 0 Å². The third-order valence-corrected chi connectivity index (χ3v) is 5.04. The molecule has 9 heteroatoms. The number of thiazole rings is 1. The van der Waals surface area contributed by atoms with Gasteiger partial charge in [0.15, 0.2) is 22.6 Å². The second-order valence-corrected chi connectivity index (χ2v) is 6.66. The summed E-state index contributed by atoms with van der Waals surface area (Å²) in [4.78, 5) is 13.2. The van der Waals surface area contributed by atoms with Gasteiger partial charge in [-0.1, -0.05) is 6.07 Å². The molecular weight excluding hydrogens is 465 g/mol. The molecule has 0 unspecified atom stereocenters. The molecule has 7 nitrogen and oxygen atoms in total. The zero-order valence-electron chi connectivity index (χ0n) is 14.7. The number of anilines is 1. The van der Waals surface area contributed by atoms with Crippen LogP contribution in [0.3, 0.4) is 0 Å². The van der Waals surface area contributed by atoms with Crippen molar-refractivity contribution in [3.8, 4) is 11.5 Å². The van der Waals surface area contributed by atoms with Crippen molar-refractivity contribution in [2.75, 3.05) is 44.7 Å². The van der Waals surface area contributed by atoms with E-state index in [1.807, 2.05) is 23.7 Å². The molecule has 1 aromatic carbocycles. The highest BCUT2D eigenvalue weighted by Gasteiger charge is 2.19. The van der Waals surface area contributed by atoms with Crippen LogP contribution in [0.15, 0.2) is 34.8 Å². The molecule has 2 aromatic rings. The molecule has 26 heavy (non-hydrogen) atoms. The summed E-state index contributed by atoms with van der Waals surface area (Å²) in [6.45, 7) is 4.11. The number of benzene rings is 1. The fourth-order valence-electron chi connectivity index (χ4n) is 2.78. The summed E-state index contributed by atoms with van der Waals surface area (Å²) >= 11 is 1.66. The number of nitrogens with two attached hydrogens (primary N) is 1. The first-order valence-corrected chi connectivity index (χ1v) is 9.10. The molecule has 0 spiro atoms. The fraction of sp³-hybridized carbons (Fsp3) is 0.412. The van der Waals surface area contributed by atoms with Crippen LogP contribution in [0, 0.1) is 0 Å². The van der Waals surface area contributed by atoms with E-state index in [9.17, 15) is 5.11 Å². The van der Waals surface area contributed by atoms with Gasteiger partial charge >= 0.3 is 0 Å². The molecule has 0 aliphatic carbocycles. The number of rotatable bonds is 5. The Morgan fingerprint density at radius 3 is 2.77 bits per heavy atom. The number of guanidine groups is 1. The summed E-state index contributed by atoms with van der Waals surface area (Å²) in [6, 6.07) is 5.34. The molecule has 1 fully saturated rings. The Labute approximate surface area is 174 Å². The highest BCUT2D eigenvalue weighted by Crippen LogP contribution is 2.26. The second kappa shape index (κ2) is 9.81. The van der Waals surface area contributed by atoms with Gasteiger partial charge in [-0.05, 0) is 24.1 Å². The molecule has 0 bridgehead atoms. The van der Waals surface area contributed by atoms with E-state index >= 15 is 0 Å². The van der Waals surface area contributed by atoms with Crippen molar-refractivity contribution in [3.63, 3.8) is 0 Å². The van der Waals surface area contributed by atoms with Crippen LogP contribution in [-0.2, 0) is 6.42 Å². The standard InChI is InChI=1S/C17H23N5O2S.HI/c1-24-15-12-13(2-3-14(15)23)4-5-19-16(18)21-7-9-22(10-8-21)17-20-6-11-25-17;/h2-3,6,11-12,23H,4-5,7-10H2,1H3,(H2,18,19);1H. The molecule has 0 saturated carbocycles. The lowest BCUT2D eigenvalue weighted by atomic mass is 10.1. The smallest absolute Gasteiger partial charge is 0.191 e. The minimum absolute atomic E-state index is 0. The minimum Gasteiger partial charge on any atom is -0.504 e. The first-order chi connectivity index (χ1) is 12.2. The molecule has 2 heterocycles. The third kappa shape index (κ3) is 5.13. The minimum atomic E-state index is 0. The Hall–Kier alpha value is -1.75. The van der Waals surface area contributed by atoms with Crippen molar-refractivity contribution >= 4 is 46.4 Å². The van der Waals surface area contributed by atoms with Gasteiger partial charge in [-0.25, -0.2) is 4.98 Å². The quantitative estimate of drug-likeness (QED) is 0.381. The van der Waals surface area contributed by atoms with Gasteiger partial charge in [0.2, 0.25) is 0 Å². The van der Waals surface area contributed by atoms with E-state index in [0.717, 1.165) is 43.3 Å². The van der Waals surface area contributed by atoms with Crippen molar-refractivity contribution < 1.29 is 9.84 Å². The Bertz CT molecular complexity index is 718. The first kappa shape index (κ1) is 20.6. The van der Waals surface area contributed by atoms with Gasteiger partial charge in [0.25, 0.3) is 0 Å². The number of methoxy groups -OCH3 is 1. The number of aromatic nitrogens is 1. The molecule has 142 valence electrons. The average molecular weight is 489 g/mol. The molecule has 3 rings (SSSR count). The SMILES string of the molecule is COc1cc(CCN=C(N)N2CCN(c3nccs3)CC2)ccc1O.I. The van der Waals surface area contributed by atoms with Crippen LogP contribution in [0.1, 0.15) is 5.56 Å². The van der Waals surface area contributed by atoms with Crippen LogP contribution >= 0.6 is 35.3 Å². The van der Waals surface area contributed by atoms with Crippen LogP contribution in [0.5, 0.6) is 11.5 Å². The highest BCUT2D eigenvalue weighted by atomic mass is 127. The lowest BCUT2D eigenvalue weighted by Crippen LogP contribution is -2.51.